The Labute approximate surface area is 163 Å². The molecule has 136 valence electrons. The lowest BCUT2D eigenvalue weighted by molar-refractivity contribution is -0.124. The molecular weight excluding hydrogens is 411 g/mol. The smallest absolute Gasteiger partial charge is 0.235 e. The average Bonchev–Trinajstić information content (AvgIpc) is 2.94. The summed E-state index contributed by atoms with van der Waals surface area (Å²) in [6.45, 7) is 0. The van der Waals surface area contributed by atoms with Gasteiger partial charge in [0.05, 0.1) is 34.4 Å². The van der Waals surface area contributed by atoms with Crippen LogP contribution in [0.25, 0.3) is 10.9 Å². The molecule has 1 aliphatic carbocycles. The summed E-state index contributed by atoms with van der Waals surface area (Å²) >= 11 is 3.26. The van der Waals surface area contributed by atoms with Crippen molar-refractivity contribution in [2.24, 2.45) is 0 Å². The predicted molar refractivity (Wildman–Crippen MR) is 105 cm³/mol. The van der Waals surface area contributed by atoms with Gasteiger partial charge in [-0.1, -0.05) is 12.1 Å². The van der Waals surface area contributed by atoms with Gasteiger partial charge in [0, 0.05) is 17.0 Å². The molecule has 0 saturated heterocycles. The van der Waals surface area contributed by atoms with Gasteiger partial charge < -0.3 is 10.1 Å². The Kier molecular flexibility index (Phi) is 3.56. The van der Waals surface area contributed by atoms with Crippen LogP contribution in [0.5, 0.6) is 5.75 Å². The molecule has 6 heteroatoms. The molecule has 0 unspecified atom stereocenters. The lowest BCUT2D eigenvalue weighted by Gasteiger charge is -2.44. The van der Waals surface area contributed by atoms with Crippen molar-refractivity contribution < 1.29 is 13.9 Å². The van der Waals surface area contributed by atoms with Gasteiger partial charge in [0.2, 0.25) is 5.91 Å². The van der Waals surface area contributed by atoms with E-state index in [1.807, 2.05) is 12.1 Å². The Bertz CT molecular complexity index is 1090. The van der Waals surface area contributed by atoms with Crippen molar-refractivity contribution in [1.82, 2.24) is 4.98 Å². The number of carbonyl (C=O) groups is 1. The molecule has 4 nitrogen and oxygen atoms in total. The van der Waals surface area contributed by atoms with E-state index in [1.54, 1.807) is 19.4 Å². The highest BCUT2D eigenvalue weighted by molar-refractivity contribution is 9.10. The fraction of sp³-hybridized carbons (Fsp3) is 0.238. The van der Waals surface area contributed by atoms with Gasteiger partial charge in [0.25, 0.3) is 0 Å². The van der Waals surface area contributed by atoms with Crippen molar-refractivity contribution in [2.75, 3.05) is 12.4 Å². The number of aromatic nitrogens is 1. The van der Waals surface area contributed by atoms with Crippen LogP contribution >= 0.6 is 15.9 Å². The van der Waals surface area contributed by atoms with Gasteiger partial charge in [-0.25, -0.2) is 4.39 Å². The second kappa shape index (κ2) is 5.76. The molecule has 5 rings (SSSR count). The van der Waals surface area contributed by atoms with Crippen LogP contribution in [-0.2, 0) is 10.2 Å². The Hall–Kier alpha value is -2.47. The van der Waals surface area contributed by atoms with E-state index in [2.05, 4.69) is 38.4 Å². The van der Waals surface area contributed by atoms with E-state index in [0.29, 0.717) is 15.9 Å². The number of pyridine rings is 1. The quantitative estimate of drug-likeness (QED) is 0.632. The summed E-state index contributed by atoms with van der Waals surface area (Å²) in [5.74, 6) is 0.781. The second-order valence-electron chi connectivity index (χ2n) is 7.24. The molecule has 1 amide bonds. The molecule has 2 aliphatic rings. The van der Waals surface area contributed by atoms with Crippen molar-refractivity contribution in [1.29, 1.82) is 0 Å². The van der Waals surface area contributed by atoms with Crippen molar-refractivity contribution in [3.63, 3.8) is 0 Å². The standard InChI is InChI=1S/C21H16BrFN2O2/c1-27-13-4-2-11(3-5-13)12-8-21(9-12)19-14-6-15(22)16(23)7-17(14)24-10-18(19)25-20(21)26/h2-7,10,12H,8-9H2,1H3,(H,25,26). The summed E-state index contributed by atoms with van der Waals surface area (Å²) in [7, 11) is 1.65. The van der Waals surface area contributed by atoms with E-state index >= 15 is 0 Å². The third kappa shape index (κ3) is 2.32. The van der Waals surface area contributed by atoms with Crippen LogP contribution in [0.1, 0.15) is 29.9 Å². The van der Waals surface area contributed by atoms with Gasteiger partial charge >= 0.3 is 0 Å². The number of nitrogens with zero attached hydrogens (tertiary/aromatic N) is 1. The van der Waals surface area contributed by atoms with Crippen LogP contribution in [-0.4, -0.2) is 18.0 Å². The summed E-state index contributed by atoms with van der Waals surface area (Å²) in [5, 5.41) is 3.80. The largest absolute Gasteiger partial charge is 0.497 e. The zero-order valence-corrected chi connectivity index (χ0v) is 16.1. The highest BCUT2D eigenvalue weighted by Gasteiger charge is 2.56. The molecule has 3 aromatic rings. The minimum Gasteiger partial charge on any atom is -0.497 e. The number of rotatable bonds is 2. The van der Waals surface area contributed by atoms with Crippen molar-refractivity contribution >= 4 is 38.4 Å². The maximum absolute atomic E-state index is 13.9. The maximum atomic E-state index is 13.9. The first-order valence-electron chi connectivity index (χ1n) is 8.75. The fourth-order valence-corrected chi connectivity index (χ4v) is 4.78. The summed E-state index contributed by atoms with van der Waals surface area (Å²) in [4.78, 5) is 17.2. The summed E-state index contributed by atoms with van der Waals surface area (Å²) in [6.07, 6.45) is 3.09. The highest BCUT2D eigenvalue weighted by Crippen LogP contribution is 2.59. The predicted octanol–water partition coefficient (Wildman–Crippen LogP) is 4.91. The van der Waals surface area contributed by atoms with Gasteiger partial charge in [0.15, 0.2) is 0 Å². The van der Waals surface area contributed by atoms with Gasteiger partial charge in [-0.2, -0.15) is 0 Å². The monoisotopic (exact) mass is 426 g/mol. The number of nitrogens with one attached hydrogen (secondary N) is 1. The van der Waals surface area contributed by atoms with Crippen molar-refractivity contribution in [2.45, 2.75) is 24.2 Å². The van der Waals surface area contributed by atoms with Crippen molar-refractivity contribution in [3.8, 4) is 5.75 Å². The van der Waals surface area contributed by atoms with E-state index in [0.717, 1.165) is 35.2 Å². The average molecular weight is 427 g/mol. The van der Waals surface area contributed by atoms with Gasteiger partial charge in [-0.15, -0.1) is 0 Å². The van der Waals surface area contributed by atoms with Gasteiger partial charge in [-0.3, -0.25) is 9.78 Å². The molecule has 1 spiro atoms. The zero-order valence-electron chi connectivity index (χ0n) is 14.6. The minimum absolute atomic E-state index is 0.0111. The Balaban J connectivity index is 1.57. The van der Waals surface area contributed by atoms with E-state index in [9.17, 15) is 9.18 Å². The highest BCUT2D eigenvalue weighted by atomic mass is 79.9. The number of amides is 1. The SMILES string of the molecule is COc1ccc(C2CC3(C2)C(=O)Nc2cnc4cc(F)c(Br)cc4c23)cc1. The third-order valence-corrected chi connectivity index (χ3v) is 6.46. The molecule has 0 radical (unpaired) electrons. The molecule has 1 fully saturated rings. The number of hydrogen-bond acceptors (Lipinski definition) is 3. The number of carbonyl (C=O) groups excluding carboxylic acids is 1. The first kappa shape index (κ1) is 16.7. The van der Waals surface area contributed by atoms with Crippen LogP contribution in [0, 0.1) is 5.82 Å². The first-order valence-corrected chi connectivity index (χ1v) is 9.55. The summed E-state index contributed by atoms with van der Waals surface area (Å²) < 4.78 is 19.5. The molecule has 0 bridgehead atoms. The van der Waals surface area contributed by atoms with Crippen molar-refractivity contribution in [3.05, 3.63) is 64.0 Å². The second-order valence-corrected chi connectivity index (χ2v) is 8.10. The molecule has 2 heterocycles. The maximum Gasteiger partial charge on any atom is 0.235 e. The van der Waals surface area contributed by atoms with E-state index < -0.39 is 5.41 Å². The molecule has 1 saturated carbocycles. The number of ether oxygens (including phenoxy) is 1. The fourth-order valence-electron chi connectivity index (χ4n) is 4.44. The lowest BCUT2D eigenvalue weighted by Crippen LogP contribution is -2.45. The number of anilines is 1. The normalized spacial score (nSPS) is 23.2. The number of benzene rings is 2. The Morgan fingerprint density at radius 3 is 2.70 bits per heavy atom. The number of halogens is 2. The molecule has 27 heavy (non-hydrogen) atoms. The van der Waals surface area contributed by atoms with E-state index in [1.165, 1.54) is 11.6 Å². The first-order chi connectivity index (χ1) is 13.0. The number of fused-ring (bicyclic) bond motifs is 4. The Morgan fingerprint density at radius 1 is 1.26 bits per heavy atom. The van der Waals surface area contributed by atoms with Crippen LogP contribution < -0.4 is 10.1 Å². The number of hydrogen-bond donors (Lipinski definition) is 1. The molecular formula is C21H16BrFN2O2. The molecule has 1 aliphatic heterocycles. The van der Waals surface area contributed by atoms with Gasteiger partial charge in [-0.05, 0) is 58.5 Å². The molecule has 1 N–H and O–H groups in total. The molecule has 1 aromatic heterocycles. The minimum atomic E-state index is -0.571. The van der Waals surface area contributed by atoms with Crippen LogP contribution in [0.4, 0.5) is 10.1 Å². The van der Waals surface area contributed by atoms with E-state index in [4.69, 9.17) is 4.74 Å². The van der Waals surface area contributed by atoms with Crippen LogP contribution in [0.2, 0.25) is 0 Å². The summed E-state index contributed by atoms with van der Waals surface area (Å²) in [6, 6.07) is 11.2. The van der Waals surface area contributed by atoms with Gasteiger partial charge in [0.1, 0.15) is 11.6 Å². The van der Waals surface area contributed by atoms with Crippen LogP contribution in [0.15, 0.2) is 47.1 Å². The van der Waals surface area contributed by atoms with E-state index in [-0.39, 0.29) is 11.7 Å². The number of methoxy groups -OCH3 is 1. The molecule has 0 atom stereocenters. The third-order valence-electron chi connectivity index (χ3n) is 5.85. The molecule has 2 aromatic carbocycles. The Morgan fingerprint density at radius 2 is 2.00 bits per heavy atom. The zero-order chi connectivity index (χ0) is 18.8. The topological polar surface area (TPSA) is 51.2 Å². The lowest BCUT2D eigenvalue weighted by atomic mass is 9.57. The van der Waals surface area contributed by atoms with Crippen LogP contribution in [0.3, 0.4) is 0 Å². The summed E-state index contributed by atoms with van der Waals surface area (Å²) in [5.41, 5.74) is 2.88.